The lowest BCUT2D eigenvalue weighted by molar-refractivity contribution is -0.138. The Hall–Kier alpha value is -0.610. The molecule has 1 heterocycles. The summed E-state index contributed by atoms with van der Waals surface area (Å²) in [5.74, 6) is -0.0405. The normalized spacial score (nSPS) is 25.1. The van der Waals surface area contributed by atoms with Gasteiger partial charge in [0.1, 0.15) is 0 Å². The van der Waals surface area contributed by atoms with E-state index in [4.69, 9.17) is 5.73 Å². The van der Waals surface area contributed by atoms with E-state index in [-0.39, 0.29) is 17.4 Å². The third-order valence-corrected chi connectivity index (χ3v) is 2.91. The Morgan fingerprint density at radius 1 is 1.53 bits per heavy atom. The first-order chi connectivity index (χ1) is 6.82. The maximum Gasteiger partial charge on any atom is 0.240 e. The third-order valence-electron chi connectivity index (χ3n) is 2.91. The lowest BCUT2D eigenvalue weighted by atomic mass is 9.86. The smallest absolute Gasteiger partial charge is 0.240 e. The van der Waals surface area contributed by atoms with Gasteiger partial charge in [0.2, 0.25) is 5.91 Å². The van der Waals surface area contributed by atoms with Crippen molar-refractivity contribution < 1.29 is 9.90 Å². The number of amides is 1. The fraction of sp³-hybridized carbons (Fsp3) is 0.909. The molecule has 1 saturated heterocycles. The van der Waals surface area contributed by atoms with E-state index in [0.717, 1.165) is 19.4 Å². The first kappa shape index (κ1) is 12.5. The van der Waals surface area contributed by atoms with Crippen LogP contribution >= 0.6 is 0 Å². The van der Waals surface area contributed by atoms with Crippen molar-refractivity contribution >= 4 is 5.91 Å². The van der Waals surface area contributed by atoms with Crippen molar-refractivity contribution in [2.24, 2.45) is 11.1 Å². The highest BCUT2D eigenvalue weighted by Gasteiger charge is 2.32. The number of rotatable bonds is 1. The number of hydrogen-bond acceptors (Lipinski definition) is 3. The number of aliphatic hydroxyl groups is 1. The molecule has 4 heteroatoms. The summed E-state index contributed by atoms with van der Waals surface area (Å²) >= 11 is 0. The second kappa shape index (κ2) is 4.49. The molecule has 1 fully saturated rings. The largest absolute Gasteiger partial charge is 0.391 e. The molecule has 3 N–H and O–H groups in total. The van der Waals surface area contributed by atoms with E-state index < -0.39 is 6.04 Å². The van der Waals surface area contributed by atoms with Gasteiger partial charge in [-0.3, -0.25) is 4.79 Å². The van der Waals surface area contributed by atoms with Gasteiger partial charge in [-0.1, -0.05) is 20.8 Å². The summed E-state index contributed by atoms with van der Waals surface area (Å²) in [6.45, 7) is 7.02. The number of β-amino-alcohol motifs (C(OH)–C–C–N with tert-alkyl or cyclic N) is 1. The van der Waals surface area contributed by atoms with Crippen molar-refractivity contribution in [1.82, 2.24) is 4.90 Å². The number of aliphatic hydroxyl groups excluding tert-OH is 1. The Kier molecular flexibility index (Phi) is 3.73. The minimum Gasteiger partial charge on any atom is -0.391 e. The molecule has 0 aromatic carbocycles. The van der Waals surface area contributed by atoms with Crippen molar-refractivity contribution in [1.29, 1.82) is 0 Å². The summed E-state index contributed by atoms with van der Waals surface area (Å²) < 4.78 is 0. The Labute approximate surface area is 91.4 Å². The first-order valence-electron chi connectivity index (χ1n) is 5.55. The number of nitrogens with two attached hydrogens (primary N) is 1. The first-order valence-corrected chi connectivity index (χ1v) is 5.55. The SMILES string of the molecule is CC(C)(C)[C@H](N)C(=O)N1CCCC(O)C1. The van der Waals surface area contributed by atoms with Gasteiger partial charge in [0.15, 0.2) is 0 Å². The molecule has 1 amide bonds. The van der Waals surface area contributed by atoms with Gasteiger partial charge >= 0.3 is 0 Å². The second-order valence-electron chi connectivity index (χ2n) is 5.42. The quantitative estimate of drug-likeness (QED) is 0.661. The predicted molar refractivity (Wildman–Crippen MR) is 59.3 cm³/mol. The second-order valence-corrected chi connectivity index (χ2v) is 5.42. The van der Waals surface area contributed by atoms with Gasteiger partial charge in [-0.05, 0) is 18.3 Å². The van der Waals surface area contributed by atoms with Gasteiger partial charge in [-0.2, -0.15) is 0 Å². The van der Waals surface area contributed by atoms with Gasteiger partial charge < -0.3 is 15.7 Å². The highest BCUT2D eigenvalue weighted by molar-refractivity contribution is 5.82. The summed E-state index contributed by atoms with van der Waals surface area (Å²) in [7, 11) is 0. The minimum absolute atomic E-state index is 0.0405. The zero-order valence-corrected chi connectivity index (χ0v) is 9.86. The van der Waals surface area contributed by atoms with Crippen LogP contribution in [0.4, 0.5) is 0 Å². The zero-order chi connectivity index (χ0) is 11.6. The molecule has 0 aromatic rings. The van der Waals surface area contributed by atoms with E-state index >= 15 is 0 Å². The molecule has 0 spiro atoms. The van der Waals surface area contributed by atoms with Crippen LogP contribution in [0.5, 0.6) is 0 Å². The summed E-state index contributed by atoms with van der Waals surface area (Å²) in [4.78, 5) is 13.7. The molecule has 1 aliphatic rings. The maximum atomic E-state index is 12.0. The number of nitrogens with zero attached hydrogens (tertiary/aromatic N) is 1. The number of carbonyl (C=O) groups is 1. The van der Waals surface area contributed by atoms with Crippen molar-refractivity contribution in [3.63, 3.8) is 0 Å². The van der Waals surface area contributed by atoms with Crippen LogP contribution in [0.15, 0.2) is 0 Å². The van der Waals surface area contributed by atoms with E-state index in [9.17, 15) is 9.90 Å². The monoisotopic (exact) mass is 214 g/mol. The average Bonchev–Trinajstić information content (AvgIpc) is 2.14. The summed E-state index contributed by atoms with van der Waals surface area (Å²) in [5, 5.41) is 9.48. The molecule has 0 radical (unpaired) electrons. The lowest BCUT2D eigenvalue weighted by Gasteiger charge is -2.35. The Morgan fingerprint density at radius 3 is 2.60 bits per heavy atom. The topological polar surface area (TPSA) is 66.6 Å². The molecule has 0 aromatic heterocycles. The Morgan fingerprint density at radius 2 is 2.13 bits per heavy atom. The Balaban J connectivity index is 2.60. The van der Waals surface area contributed by atoms with Crippen LogP contribution in [-0.2, 0) is 4.79 Å². The van der Waals surface area contributed by atoms with Gasteiger partial charge in [0, 0.05) is 13.1 Å². The van der Waals surface area contributed by atoms with Crippen molar-refractivity contribution in [2.75, 3.05) is 13.1 Å². The van der Waals surface area contributed by atoms with Crippen molar-refractivity contribution in [3.05, 3.63) is 0 Å². The number of likely N-dealkylation sites (tertiary alicyclic amines) is 1. The van der Waals surface area contributed by atoms with Crippen LogP contribution in [0.25, 0.3) is 0 Å². The van der Waals surface area contributed by atoms with Gasteiger partial charge in [0.05, 0.1) is 12.1 Å². The highest BCUT2D eigenvalue weighted by Crippen LogP contribution is 2.20. The number of carbonyl (C=O) groups excluding carboxylic acids is 1. The van der Waals surface area contributed by atoms with E-state index in [2.05, 4.69) is 0 Å². The van der Waals surface area contributed by atoms with E-state index in [1.807, 2.05) is 20.8 Å². The van der Waals surface area contributed by atoms with Gasteiger partial charge in [-0.25, -0.2) is 0 Å². The van der Waals surface area contributed by atoms with E-state index in [0.29, 0.717) is 6.54 Å². The molecule has 4 nitrogen and oxygen atoms in total. The molecular weight excluding hydrogens is 192 g/mol. The van der Waals surface area contributed by atoms with Gasteiger partial charge in [-0.15, -0.1) is 0 Å². The fourth-order valence-electron chi connectivity index (χ4n) is 1.72. The molecule has 0 aliphatic carbocycles. The third kappa shape index (κ3) is 3.18. The van der Waals surface area contributed by atoms with Crippen molar-refractivity contribution in [3.8, 4) is 0 Å². The van der Waals surface area contributed by atoms with Crippen LogP contribution < -0.4 is 5.73 Å². The molecule has 1 rings (SSSR count). The molecule has 1 unspecified atom stereocenters. The van der Waals surface area contributed by atoms with E-state index in [1.165, 1.54) is 0 Å². The number of hydrogen-bond donors (Lipinski definition) is 2. The molecule has 1 aliphatic heterocycles. The van der Waals surface area contributed by atoms with Crippen LogP contribution in [0.3, 0.4) is 0 Å². The molecule has 88 valence electrons. The van der Waals surface area contributed by atoms with Crippen LogP contribution in [-0.4, -0.2) is 41.1 Å². The summed E-state index contributed by atoms with van der Waals surface area (Å²) in [6.07, 6.45) is 1.27. The Bertz CT molecular complexity index is 235. The van der Waals surface area contributed by atoms with Crippen molar-refractivity contribution in [2.45, 2.75) is 45.8 Å². The molecule has 2 atom stereocenters. The maximum absolute atomic E-state index is 12.0. The van der Waals surface area contributed by atoms with Gasteiger partial charge in [0.25, 0.3) is 0 Å². The predicted octanol–water partition coefficient (Wildman–Crippen LogP) is 0.343. The zero-order valence-electron chi connectivity index (χ0n) is 9.86. The highest BCUT2D eigenvalue weighted by atomic mass is 16.3. The van der Waals surface area contributed by atoms with Crippen LogP contribution in [0.2, 0.25) is 0 Å². The summed E-state index contributed by atoms with van der Waals surface area (Å²) in [5.41, 5.74) is 5.67. The van der Waals surface area contributed by atoms with E-state index in [1.54, 1.807) is 4.90 Å². The lowest BCUT2D eigenvalue weighted by Crippen LogP contribution is -2.53. The molecule has 0 saturated carbocycles. The van der Waals surface area contributed by atoms with Crippen LogP contribution in [0, 0.1) is 5.41 Å². The average molecular weight is 214 g/mol. The molecule has 15 heavy (non-hydrogen) atoms. The molecular formula is C11H22N2O2. The molecule has 0 bridgehead atoms. The van der Waals surface area contributed by atoms with Crippen LogP contribution in [0.1, 0.15) is 33.6 Å². The summed E-state index contributed by atoms with van der Waals surface area (Å²) in [6, 6.07) is -0.484. The standard InChI is InChI=1S/C11H22N2O2/c1-11(2,3)9(12)10(15)13-6-4-5-8(14)7-13/h8-9,14H,4-7,12H2,1-3H3/t8?,9-/m1/s1. The fourth-order valence-corrected chi connectivity index (χ4v) is 1.72. The number of piperidine rings is 1. The minimum atomic E-state index is -0.484.